The average molecular weight is 276 g/mol. The van der Waals surface area contributed by atoms with Crippen LogP contribution in [0.2, 0.25) is 5.02 Å². The van der Waals surface area contributed by atoms with Crippen molar-refractivity contribution in [1.82, 2.24) is 5.32 Å². The van der Waals surface area contributed by atoms with Crippen molar-refractivity contribution in [3.05, 3.63) is 29.3 Å². The fourth-order valence-corrected chi connectivity index (χ4v) is 2.15. The third-order valence-corrected chi connectivity index (χ3v) is 3.21. The number of nitrogens with one attached hydrogen (secondary N) is 1. The lowest BCUT2D eigenvalue weighted by molar-refractivity contribution is 0.268. The van der Waals surface area contributed by atoms with E-state index in [0.717, 1.165) is 30.3 Å². The molecule has 0 bridgehead atoms. The van der Waals surface area contributed by atoms with E-state index in [9.17, 15) is 0 Å². The second-order valence-electron chi connectivity index (χ2n) is 4.24. The van der Waals surface area contributed by atoms with E-state index in [1.165, 1.54) is 19.3 Å². The van der Waals surface area contributed by atoms with Gasteiger partial charge in [0.15, 0.2) is 0 Å². The van der Waals surface area contributed by atoms with E-state index < -0.39 is 0 Å². The maximum Gasteiger partial charge on any atom is 0.119 e. The molecular weight excluding hydrogens is 257 g/mol. The predicted molar refractivity (Wildman–Crippen MR) is 74.5 cm³/mol. The van der Waals surface area contributed by atoms with Crippen molar-refractivity contribution in [2.75, 3.05) is 13.2 Å². The topological polar surface area (TPSA) is 21.3 Å². The van der Waals surface area contributed by atoms with E-state index in [1.807, 2.05) is 24.3 Å². The van der Waals surface area contributed by atoms with E-state index in [2.05, 4.69) is 5.32 Å². The van der Waals surface area contributed by atoms with Crippen molar-refractivity contribution < 1.29 is 4.74 Å². The molecule has 1 heterocycles. The molecule has 0 aliphatic carbocycles. The van der Waals surface area contributed by atoms with Gasteiger partial charge >= 0.3 is 0 Å². The fourth-order valence-electron chi connectivity index (χ4n) is 2.02. The Kier molecular flexibility index (Phi) is 6.71. The molecule has 0 spiro atoms. The summed E-state index contributed by atoms with van der Waals surface area (Å²) in [6.45, 7) is 1.94. The Hall–Kier alpha value is -0.440. The van der Waals surface area contributed by atoms with Gasteiger partial charge < -0.3 is 10.1 Å². The Balaban J connectivity index is 0.00000144. The Bertz CT molecular complexity index is 310. The average Bonchev–Trinajstić information content (AvgIpc) is 2.33. The van der Waals surface area contributed by atoms with Gasteiger partial charge in [0.05, 0.1) is 6.61 Å². The summed E-state index contributed by atoms with van der Waals surface area (Å²) in [7, 11) is 0. The molecule has 1 N–H and O–H groups in total. The Morgan fingerprint density at radius 2 is 2.00 bits per heavy atom. The van der Waals surface area contributed by atoms with Crippen LogP contribution in [0.3, 0.4) is 0 Å². The van der Waals surface area contributed by atoms with E-state index in [0.29, 0.717) is 6.04 Å². The van der Waals surface area contributed by atoms with Gasteiger partial charge in [-0.1, -0.05) is 18.0 Å². The molecule has 0 amide bonds. The van der Waals surface area contributed by atoms with E-state index in [1.54, 1.807) is 0 Å². The van der Waals surface area contributed by atoms with Gasteiger partial charge in [-0.3, -0.25) is 0 Å². The molecule has 1 aromatic carbocycles. The second kappa shape index (κ2) is 7.80. The van der Waals surface area contributed by atoms with Crippen molar-refractivity contribution in [2.45, 2.75) is 31.7 Å². The SMILES string of the molecule is Cl.Clc1ccc(OCCC2CCCCN2)cc1. The third kappa shape index (κ3) is 5.15. The van der Waals surface area contributed by atoms with Crippen LogP contribution in [0, 0.1) is 0 Å². The molecule has 0 saturated carbocycles. The van der Waals surface area contributed by atoms with Gasteiger partial charge in [0, 0.05) is 11.1 Å². The lowest BCUT2D eigenvalue weighted by Gasteiger charge is -2.23. The highest BCUT2D eigenvalue weighted by atomic mass is 35.5. The van der Waals surface area contributed by atoms with Gasteiger partial charge in [0.2, 0.25) is 0 Å². The zero-order valence-electron chi connectivity index (χ0n) is 9.82. The van der Waals surface area contributed by atoms with E-state index in [4.69, 9.17) is 16.3 Å². The Morgan fingerprint density at radius 3 is 2.65 bits per heavy atom. The zero-order chi connectivity index (χ0) is 11.2. The molecule has 1 saturated heterocycles. The molecule has 1 aliphatic heterocycles. The molecule has 96 valence electrons. The van der Waals surface area contributed by atoms with Crippen LogP contribution in [0.1, 0.15) is 25.7 Å². The number of ether oxygens (including phenoxy) is 1. The molecule has 2 nitrogen and oxygen atoms in total. The number of piperidine rings is 1. The number of benzene rings is 1. The second-order valence-corrected chi connectivity index (χ2v) is 4.67. The summed E-state index contributed by atoms with van der Waals surface area (Å²) in [5, 5.41) is 4.26. The van der Waals surface area contributed by atoms with Gasteiger partial charge in [-0.25, -0.2) is 0 Å². The molecule has 0 radical (unpaired) electrons. The summed E-state index contributed by atoms with van der Waals surface area (Å²) in [4.78, 5) is 0. The number of halogens is 2. The van der Waals surface area contributed by atoms with E-state index in [-0.39, 0.29) is 12.4 Å². The largest absolute Gasteiger partial charge is 0.494 e. The molecule has 1 unspecified atom stereocenters. The summed E-state index contributed by atoms with van der Waals surface area (Å²) < 4.78 is 5.67. The summed E-state index contributed by atoms with van der Waals surface area (Å²) in [6, 6.07) is 8.18. The van der Waals surface area contributed by atoms with Crippen LogP contribution in [-0.2, 0) is 0 Å². The van der Waals surface area contributed by atoms with Crippen LogP contribution < -0.4 is 10.1 Å². The van der Waals surface area contributed by atoms with Crippen LogP contribution in [0.5, 0.6) is 5.75 Å². The predicted octanol–water partition coefficient (Wildman–Crippen LogP) is 3.67. The van der Waals surface area contributed by atoms with Crippen molar-refractivity contribution in [3.8, 4) is 5.75 Å². The minimum atomic E-state index is 0. The van der Waals surface area contributed by atoms with Gasteiger partial charge in [0.25, 0.3) is 0 Å². The van der Waals surface area contributed by atoms with Crippen LogP contribution in [-0.4, -0.2) is 19.2 Å². The van der Waals surface area contributed by atoms with Gasteiger partial charge in [-0.2, -0.15) is 0 Å². The standard InChI is InChI=1S/C13H18ClNO.ClH/c14-11-4-6-13(7-5-11)16-10-8-12-3-1-2-9-15-12;/h4-7,12,15H,1-3,8-10H2;1H. The first kappa shape index (κ1) is 14.6. The van der Waals surface area contributed by atoms with Gasteiger partial charge in [0.1, 0.15) is 5.75 Å². The molecule has 4 heteroatoms. The summed E-state index contributed by atoms with van der Waals surface area (Å²) in [5.74, 6) is 0.903. The lowest BCUT2D eigenvalue weighted by Crippen LogP contribution is -2.35. The third-order valence-electron chi connectivity index (χ3n) is 2.96. The molecular formula is C13H19Cl2NO. The fraction of sp³-hybridized carbons (Fsp3) is 0.538. The summed E-state index contributed by atoms with van der Waals surface area (Å²) in [6.07, 6.45) is 5.03. The first-order valence-electron chi connectivity index (χ1n) is 5.96. The zero-order valence-corrected chi connectivity index (χ0v) is 11.4. The number of hydrogen-bond acceptors (Lipinski definition) is 2. The Labute approximate surface area is 114 Å². The highest BCUT2D eigenvalue weighted by Gasteiger charge is 2.11. The first-order chi connectivity index (χ1) is 7.84. The molecule has 1 atom stereocenters. The minimum absolute atomic E-state index is 0. The van der Waals surface area contributed by atoms with Crippen molar-refractivity contribution in [2.24, 2.45) is 0 Å². The lowest BCUT2D eigenvalue weighted by atomic mass is 10.0. The van der Waals surface area contributed by atoms with Crippen LogP contribution in [0.25, 0.3) is 0 Å². The van der Waals surface area contributed by atoms with E-state index >= 15 is 0 Å². The molecule has 2 rings (SSSR count). The number of rotatable bonds is 4. The van der Waals surface area contributed by atoms with Crippen LogP contribution in [0.4, 0.5) is 0 Å². The molecule has 1 fully saturated rings. The van der Waals surface area contributed by atoms with Crippen LogP contribution >= 0.6 is 24.0 Å². The number of hydrogen-bond donors (Lipinski definition) is 1. The normalized spacial score (nSPS) is 19.5. The molecule has 0 aromatic heterocycles. The van der Waals surface area contributed by atoms with Crippen molar-refractivity contribution in [3.63, 3.8) is 0 Å². The van der Waals surface area contributed by atoms with Gasteiger partial charge in [-0.05, 0) is 50.1 Å². The first-order valence-corrected chi connectivity index (χ1v) is 6.34. The smallest absolute Gasteiger partial charge is 0.119 e. The quantitative estimate of drug-likeness (QED) is 0.906. The maximum absolute atomic E-state index is 5.80. The van der Waals surface area contributed by atoms with Crippen molar-refractivity contribution in [1.29, 1.82) is 0 Å². The Morgan fingerprint density at radius 1 is 1.24 bits per heavy atom. The molecule has 1 aromatic rings. The van der Waals surface area contributed by atoms with Crippen molar-refractivity contribution >= 4 is 24.0 Å². The van der Waals surface area contributed by atoms with Crippen LogP contribution in [0.15, 0.2) is 24.3 Å². The highest BCUT2D eigenvalue weighted by Crippen LogP contribution is 2.16. The highest BCUT2D eigenvalue weighted by molar-refractivity contribution is 6.30. The molecule has 1 aliphatic rings. The minimum Gasteiger partial charge on any atom is -0.494 e. The summed E-state index contributed by atoms with van der Waals surface area (Å²) in [5.41, 5.74) is 0. The maximum atomic E-state index is 5.80. The summed E-state index contributed by atoms with van der Waals surface area (Å²) >= 11 is 5.80. The monoisotopic (exact) mass is 275 g/mol. The molecule has 17 heavy (non-hydrogen) atoms. The van der Waals surface area contributed by atoms with Gasteiger partial charge in [-0.15, -0.1) is 12.4 Å².